The summed E-state index contributed by atoms with van der Waals surface area (Å²) < 4.78 is 0. The third-order valence-electron chi connectivity index (χ3n) is 5.30. The van der Waals surface area contributed by atoms with Crippen LogP contribution < -0.4 is 32.7 Å². The van der Waals surface area contributed by atoms with E-state index in [1.165, 1.54) is 0 Å². The summed E-state index contributed by atoms with van der Waals surface area (Å²) in [7, 11) is 0. The Labute approximate surface area is 228 Å². The molecular weight excluding hydrogens is 540 g/mol. The Kier molecular flexibility index (Phi) is 16.8. The lowest BCUT2D eigenvalue weighted by molar-refractivity contribution is -0.147. The fourth-order valence-corrected chi connectivity index (χ4v) is 3.17. The quantitative estimate of drug-likeness (QED) is 0.0588. The number of aliphatic carboxylic acids is 4. The van der Waals surface area contributed by atoms with Crippen LogP contribution in [0.2, 0.25) is 0 Å². The van der Waals surface area contributed by atoms with Gasteiger partial charge in [0.25, 0.3) is 0 Å². The topological polar surface area (TPSA) is 318 Å². The molecule has 0 spiro atoms. The molecule has 0 aliphatic rings. The van der Waals surface area contributed by atoms with E-state index in [9.17, 15) is 38.4 Å². The summed E-state index contributed by atoms with van der Waals surface area (Å²) in [5.41, 5.74) is 11.2. The average molecular weight is 577 g/mol. The molecule has 0 fully saturated rings. The van der Waals surface area contributed by atoms with Crippen molar-refractivity contribution in [3.63, 3.8) is 0 Å². The first-order valence-electron chi connectivity index (χ1n) is 12.2. The van der Waals surface area contributed by atoms with Gasteiger partial charge in [0.1, 0.15) is 18.1 Å². The zero-order valence-corrected chi connectivity index (χ0v) is 21.6. The summed E-state index contributed by atoms with van der Waals surface area (Å²) in [6.07, 6.45) is -1.56. The van der Waals surface area contributed by atoms with Gasteiger partial charge in [-0.05, 0) is 32.2 Å². The molecule has 226 valence electrons. The molecule has 0 radical (unpaired) electrons. The predicted molar refractivity (Wildman–Crippen MR) is 133 cm³/mol. The lowest BCUT2D eigenvalue weighted by Crippen LogP contribution is -2.55. The minimum absolute atomic E-state index is 0.258. The lowest BCUT2D eigenvalue weighted by Gasteiger charge is -2.22. The monoisotopic (exact) mass is 576 g/mol. The van der Waals surface area contributed by atoms with Crippen molar-refractivity contribution in [2.24, 2.45) is 11.5 Å². The Bertz CT molecular complexity index is 943. The van der Waals surface area contributed by atoms with E-state index in [0.717, 1.165) is 0 Å². The molecule has 0 heterocycles. The number of hydrogen-bond acceptors (Lipinski definition) is 10. The minimum Gasteiger partial charge on any atom is -0.481 e. The van der Waals surface area contributed by atoms with Gasteiger partial charge in [0.15, 0.2) is 0 Å². The first-order chi connectivity index (χ1) is 18.7. The maximum atomic E-state index is 12.6. The molecule has 18 heteroatoms. The molecule has 0 aromatic heterocycles. The first kappa shape index (κ1) is 35.7. The van der Waals surface area contributed by atoms with E-state index < -0.39 is 104 Å². The zero-order valence-electron chi connectivity index (χ0n) is 21.6. The molecule has 0 aromatic carbocycles. The maximum absolute atomic E-state index is 12.6. The molecule has 0 saturated carbocycles. The number of nitrogens with two attached hydrogens (primary N) is 2. The number of unbranched alkanes of at least 4 members (excludes halogenated alkanes) is 1. The maximum Gasteiger partial charge on any atom is 0.326 e. The van der Waals surface area contributed by atoms with Crippen molar-refractivity contribution in [3.8, 4) is 0 Å². The van der Waals surface area contributed by atoms with Crippen LogP contribution in [0.4, 0.5) is 0 Å². The van der Waals surface area contributed by atoms with Crippen LogP contribution >= 0.6 is 0 Å². The molecule has 18 nitrogen and oxygen atoms in total. The Morgan fingerprint density at radius 2 is 1.15 bits per heavy atom. The van der Waals surface area contributed by atoms with Gasteiger partial charge < -0.3 is 53.2 Å². The second-order valence-corrected chi connectivity index (χ2v) is 8.65. The van der Waals surface area contributed by atoms with Crippen molar-refractivity contribution in [2.75, 3.05) is 13.1 Å². The van der Waals surface area contributed by atoms with E-state index in [2.05, 4.69) is 16.0 Å². The van der Waals surface area contributed by atoms with E-state index in [1.54, 1.807) is 0 Å². The van der Waals surface area contributed by atoms with Gasteiger partial charge in [-0.3, -0.25) is 33.6 Å². The van der Waals surface area contributed by atoms with Gasteiger partial charge in [0.05, 0.1) is 19.0 Å². The van der Waals surface area contributed by atoms with Crippen molar-refractivity contribution >= 4 is 47.5 Å². The fraction of sp³-hybridized carbons (Fsp3) is 0.636. The molecule has 12 N–H and O–H groups in total. The highest BCUT2D eigenvalue weighted by molar-refractivity contribution is 5.94. The smallest absolute Gasteiger partial charge is 0.326 e. The minimum atomic E-state index is -1.87. The lowest BCUT2D eigenvalue weighted by atomic mass is 10.1. The summed E-state index contributed by atoms with van der Waals surface area (Å²) in [5.74, 6) is -9.70. The molecular formula is C22H36N6O12. The van der Waals surface area contributed by atoms with Gasteiger partial charge in [0.2, 0.25) is 23.6 Å². The highest BCUT2D eigenvalue weighted by Crippen LogP contribution is 2.04. The summed E-state index contributed by atoms with van der Waals surface area (Å²) >= 11 is 0. The third kappa shape index (κ3) is 15.8. The van der Waals surface area contributed by atoms with E-state index in [1.807, 2.05) is 5.32 Å². The van der Waals surface area contributed by atoms with Gasteiger partial charge in [-0.2, -0.15) is 0 Å². The number of rotatable bonds is 21. The van der Waals surface area contributed by atoms with Crippen LogP contribution in [0, 0.1) is 0 Å². The third-order valence-corrected chi connectivity index (χ3v) is 5.30. The SMILES string of the molecule is NCCCC[C@H](N)C(=O)N[C@@H](CCC(=O)O)C(=O)NCC(=O)N[C@@H](CCC(=O)O)C(=O)N[C@@H](CC(=O)O)C(=O)O. The van der Waals surface area contributed by atoms with Crippen LogP contribution in [0.3, 0.4) is 0 Å². The van der Waals surface area contributed by atoms with E-state index in [0.29, 0.717) is 19.4 Å². The Balaban J connectivity index is 5.31. The molecule has 0 saturated heterocycles. The Hall–Kier alpha value is -4.32. The van der Waals surface area contributed by atoms with Gasteiger partial charge in [0, 0.05) is 12.8 Å². The van der Waals surface area contributed by atoms with Crippen LogP contribution in [0.5, 0.6) is 0 Å². The number of amides is 4. The summed E-state index contributed by atoms with van der Waals surface area (Å²) in [6, 6.07) is -5.85. The largest absolute Gasteiger partial charge is 0.481 e. The van der Waals surface area contributed by atoms with Crippen molar-refractivity contribution in [1.82, 2.24) is 21.3 Å². The molecule has 0 aromatic rings. The summed E-state index contributed by atoms with van der Waals surface area (Å²) in [5, 5.41) is 44.2. The number of carboxylic acid groups (broad SMARTS) is 4. The summed E-state index contributed by atoms with van der Waals surface area (Å²) in [4.78, 5) is 93.8. The van der Waals surface area contributed by atoms with Crippen LogP contribution in [-0.2, 0) is 38.4 Å². The highest BCUT2D eigenvalue weighted by Gasteiger charge is 2.29. The predicted octanol–water partition coefficient (Wildman–Crippen LogP) is -3.70. The standard InChI is InChI=1S/C22H36N6O12/c23-8-2-1-3-11(24)19(36)27-12(4-6-16(30)31)20(37)25-10-15(29)26-13(5-7-17(32)33)21(38)28-14(22(39)40)9-18(34)35/h11-14H,1-10,23-24H2,(H,25,37)(H,26,29)(H,27,36)(H,28,38)(H,30,31)(H,32,33)(H,34,35)(H,39,40)/t11-,12-,13-,14-/m0/s1. The Morgan fingerprint density at radius 1 is 0.625 bits per heavy atom. The molecule has 0 unspecified atom stereocenters. The number of carbonyl (C=O) groups excluding carboxylic acids is 4. The van der Waals surface area contributed by atoms with Crippen LogP contribution in [0.25, 0.3) is 0 Å². The number of carbonyl (C=O) groups is 8. The molecule has 0 aliphatic carbocycles. The van der Waals surface area contributed by atoms with Crippen LogP contribution in [0.1, 0.15) is 51.4 Å². The van der Waals surface area contributed by atoms with Crippen molar-refractivity contribution < 1.29 is 58.8 Å². The summed E-state index contributed by atoms with van der Waals surface area (Å²) in [6.45, 7) is -0.406. The molecule has 40 heavy (non-hydrogen) atoms. The molecule has 4 atom stereocenters. The van der Waals surface area contributed by atoms with Crippen molar-refractivity contribution in [1.29, 1.82) is 0 Å². The van der Waals surface area contributed by atoms with Gasteiger partial charge in [-0.1, -0.05) is 6.42 Å². The number of carboxylic acids is 4. The second-order valence-electron chi connectivity index (χ2n) is 8.65. The molecule has 0 rings (SSSR count). The van der Waals surface area contributed by atoms with Crippen LogP contribution in [-0.4, -0.2) is 105 Å². The average Bonchev–Trinajstić information content (AvgIpc) is 2.86. The second kappa shape index (κ2) is 18.9. The first-order valence-corrected chi connectivity index (χ1v) is 12.2. The van der Waals surface area contributed by atoms with Gasteiger partial charge in [-0.15, -0.1) is 0 Å². The number of hydrogen-bond donors (Lipinski definition) is 10. The fourth-order valence-electron chi connectivity index (χ4n) is 3.17. The number of nitrogens with one attached hydrogen (secondary N) is 4. The van der Waals surface area contributed by atoms with E-state index in [-0.39, 0.29) is 12.8 Å². The molecule has 4 amide bonds. The zero-order chi connectivity index (χ0) is 30.8. The molecule has 0 bridgehead atoms. The highest BCUT2D eigenvalue weighted by atomic mass is 16.4. The van der Waals surface area contributed by atoms with Crippen molar-refractivity contribution in [2.45, 2.75) is 75.5 Å². The van der Waals surface area contributed by atoms with E-state index >= 15 is 0 Å². The van der Waals surface area contributed by atoms with Gasteiger partial charge in [-0.25, -0.2) is 4.79 Å². The normalized spacial score (nSPS) is 13.6. The van der Waals surface area contributed by atoms with E-state index in [4.69, 9.17) is 31.9 Å². The van der Waals surface area contributed by atoms with Crippen LogP contribution in [0.15, 0.2) is 0 Å². The van der Waals surface area contributed by atoms with Gasteiger partial charge >= 0.3 is 23.9 Å². The Morgan fingerprint density at radius 3 is 1.62 bits per heavy atom. The molecule has 0 aliphatic heterocycles. The van der Waals surface area contributed by atoms with Crippen molar-refractivity contribution in [3.05, 3.63) is 0 Å².